The minimum atomic E-state index is 0.453. The van der Waals surface area contributed by atoms with E-state index in [1.54, 1.807) is 12.4 Å². The molecule has 1 saturated carbocycles. The van der Waals surface area contributed by atoms with Gasteiger partial charge in [0.2, 0.25) is 11.7 Å². The van der Waals surface area contributed by atoms with E-state index in [-0.39, 0.29) is 0 Å². The van der Waals surface area contributed by atoms with E-state index in [0.29, 0.717) is 17.8 Å². The van der Waals surface area contributed by atoms with Crippen molar-refractivity contribution in [3.05, 3.63) is 28.8 Å². The van der Waals surface area contributed by atoms with Gasteiger partial charge >= 0.3 is 0 Å². The Morgan fingerprint density at radius 1 is 1.45 bits per heavy atom. The highest BCUT2D eigenvalue weighted by atomic mass is 79.9. The van der Waals surface area contributed by atoms with Gasteiger partial charge in [-0.3, -0.25) is 4.98 Å². The van der Waals surface area contributed by atoms with Crippen molar-refractivity contribution in [1.82, 2.24) is 20.4 Å². The Kier molecular flexibility index (Phi) is 4.12. The third-order valence-electron chi connectivity index (χ3n) is 3.48. The van der Waals surface area contributed by atoms with Crippen LogP contribution in [0.4, 0.5) is 0 Å². The molecule has 0 spiro atoms. The molecule has 0 saturated heterocycles. The lowest BCUT2D eigenvalue weighted by Gasteiger charge is -2.14. The summed E-state index contributed by atoms with van der Waals surface area (Å²) < 4.78 is 6.28. The Morgan fingerprint density at radius 3 is 3.00 bits per heavy atom. The zero-order chi connectivity index (χ0) is 13.9. The number of rotatable bonds is 6. The summed E-state index contributed by atoms with van der Waals surface area (Å²) in [5, 5.41) is 7.55. The molecule has 0 aliphatic heterocycles. The first-order chi connectivity index (χ1) is 9.76. The Balaban J connectivity index is 1.73. The zero-order valence-corrected chi connectivity index (χ0v) is 12.9. The molecule has 5 nitrogen and oxygen atoms in total. The van der Waals surface area contributed by atoms with Gasteiger partial charge in [-0.05, 0) is 47.3 Å². The predicted molar refractivity (Wildman–Crippen MR) is 79.1 cm³/mol. The summed E-state index contributed by atoms with van der Waals surface area (Å²) in [6.07, 6.45) is 6.87. The zero-order valence-electron chi connectivity index (χ0n) is 11.3. The minimum absolute atomic E-state index is 0.453. The van der Waals surface area contributed by atoms with E-state index in [2.05, 4.69) is 43.3 Å². The maximum absolute atomic E-state index is 5.37. The van der Waals surface area contributed by atoms with Crippen molar-refractivity contribution in [1.29, 1.82) is 0 Å². The predicted octanol–water partition coefficient (Wildman–Crippen LogP) is 2.82. The van der Waals surface area contributed by atoms with Crippen LogP contribution in [0, 0.1) is 5.92 Å². The highest BCUT2D eigenvalue weighted by Gasteiger charge is 2.31. The Morgan fingerprint density at radius 2 is 2.30 bits per heavy atom. The summed E-state index contributed by atoms with van der Waals surface area (Å²) in [5.74, 6) is 2.05. The van der Waals surface area contributed by atoms with E-state index in [1.807, 2.05) is 6.07 Å². The molecule has 6 heteroatoms. The van der Waals surface area contributed by atoms with Crippen LogP contribution in [-0.2, 0) is 6.42 Å². The molecule has 1 aliphatic rings. The molecule has 2 heterocycles. The van der Waals surface area contributed by atoms with E-state index < -0.39 is 0 Å². The van der Waals surface area contributed by atoms with Crippen LogP contribution in [0.3, 0.4) is 0 Å². The van der Waals surface area contributed by atoms with Crippen LogP contribution in [-0.4, -0.2) is 27.7 Å². The summed E-state index contributed by atoms with van der Waals surface area (Å²) in [7, 11) is 0. The SMILES string of the molecule is CCNC(Cc1nc(-c2cncc(Br)c2)no1)C1CC1. The monoisotopic (exact) mass is 336 g/mol. The molecule has 2 aromatic rings. The fraction of sp³-hybridized carbons (Fsp3) is 0.500. The third-order valence-corrected chi connectivity index (χ3v) is 3.92. The van der Waals surface area contributed by atoms with Gasteiger partial charge in [0.1, 0.15) is 0 Å². The summed E-state index contributed by atoms with van der Waals surface area (Å²) in [5.41, 5.74) is 0.862. The number of aromatic nitrogens is 3. The van der Waals surface area contributed by atoms with E-state index in [9.17, 15) is 0 Å². The first-order valence-corrected chi connectivity index (χ1v) is 7.72. The van der Waals surface area contributed by atoms with Crippen LogP contribution in [0.1, 0.15) is 25.7 Å². The van der Waals surface area contributed by atoms with E-state index in [0.717, 1.165) is 28.9 Å². The van der Waals surface area contributed by atoms with Crippen LogP contribution in [0.5, 0.6) is 0 Å². The van der Waals surface area contributed by atoms with Crippen molar-refractivity contribution in [3.63, 3.8) is 0 Å². The number of likely N-dealkylation sites (N-methyl/N-ethyl adjacent to an activating group) is 1. The molecule has 0 aromatic carbocycles. The average molecular weight is 337 g/mol. The Bertz CT molecular complexity index is 582. The van der Waals surface area contributed by atoms with Crippen molar-refractivity contribution in [3.8, 4) is 11.4 Å². The third kappa shape index (κ3) is 3.24. The highest BCUT2D eigenvalue weighted by Crippen LogP contribution is 2.34. The van der Waals surface area contributed by atoms with Gasteiger partial charge < -0.3 is 9.84 Å². The van der Waals surface area contributed by atoms with Crippen LogP contribution >= 0.6 is 15.9 Å². The molecule has 20 heavy (non-hydrogen) atoms. The molecule has 3 rings (SSSR count). The maximum Gasteiger partial charge on any atom is 0.228 e. The van der Waals surface area contributed by atoms with Gasteiger partial charge in [-0.15, -0.1) is 0 Å². The fourth-order valence-electron chi connectivity index (χ4n) is 2.34. The number of hydrogen-bond donors (Lipinski definition) is 1. The standard InChI is InChI=1S/C14H17BrN4O/c1-2-17-12(9-3-4-9)6-13-18-14(19-20-13)10-5-11(15)8-16-7-10/h5,7-9,12,17H,2-4,6H2,1H3. The molecule has 1 atom stereocenters. The molecule has 1 unspecified atom stereocenters. The Labute approximate surface area is 126 Å². The molecule has 0 radical (unpaired) electrons. The van der Waals surface area contributed by atoms with E-state index in [1.165, 1.54) is 12.8 Å². The van der Waals surface area contributed by atoms with Crippen molar-refractivity contribution in [2.45, 2.75) is 32.2 Å². The molecule has 1 fully saturated rings. The molecule has 0 amide bonds. The lowest BCUT2D eigenvalue weighted by atomic mass is 10.1. The second kappa shape index (κ2) is 6.01. The first kappa shape index (κ1) is 13.7. The topological polar surface area (TPSA) is 63.8 Å². The number of halogens is 1. The van der Waals surface area contributed by atoms with Gasteiger partial charge in [0.25, 0.3) is 0 Å². The molecule has 0 bridgehead atoms. The average Bonchev–Trinajstić information content (AvgIpc) is 3.18. The molecule has 1 N–H and O–H groups in total. The smallest absolute Gasteiger partial charge is 0.228 e. The van der Waals surface area contributed by atoms with Crippen molar-refractivity contribution >= 4 is 15.9 Å². The van der Waals surface area contributed by atoms with Crippen LogP contribution in [0.2, 0.25) is 0 Å². The van der Waals surface area contributed by atoms with Gasteiger partial charge in [-0.25, -0.2) is 0 Å². The normalized spacial score (nSPS) is 16.3. The van der Waals surface area contributed by atoms with Gasteiger partial charge in [-0.1, -0.05) is 12.1 Å². The molecule has 2 aromatic heterocycles. The molecular weight excluding hydrogens is 320 g/mol. The number of hydrogen-bond acceptors (Lipinski definition) is 5. The summed E-state index contributed by atoms with van der Waals surface area (Å²) in [6, 6.07) is 2.39. The lowest BCUT2D eigenvalue weighted by Crippen LogP contribution is -2.33. The fourth-order valence-corrected chi connectivity index (χ4v) is 2.71. The lowest BCUT2D eigenvalue weighted by molar-refractivity contribution is 0.348. The highest BCUT2D eigenvalue weighted by molar-refractivity contribution is 9.10. The van der Waals surface area contributed by atoms with Crippen molar-refractivity contribution in [2.75, 3.05) is 6.54 Å². The van der Waals surface area contributed by atoms with Gasteiger partial charge in [-0.2, -0.15) is 4.98 Å². The van der Waals surface area contributed by atoms with Crippen molar-refractivity contribution in [2.24, 2.45) is 5.92 Å². The van der Waals surface area contributed by atoms with E-state index in [4.69, 9.17) is 4.52 Å². The first-order valence-electron chi connectivity index (χ1n) is 6.93. The van der Waals surface area contributed by atoms with Crippen LogP contribution in [0.15, 0.2) is 27.5 Å². The van der Waals surface area contributed by atoms with E-state index >= 15 is 0 Å². The van der Waals surface area contributed by atoms with Crippen molar-refractivity contribution < 1.29 is 4.52 Å². The Hall–Kier alpha value is -1.27. The largest absolute Gasteiger partial charge is 0.339 e. The minimum Gasteiger partial charge on any atom is -0.339 e. The summed E-state index contributed by atoms with van der Waals surface area (Å²) in [4.78, 5) is 8.59. The van der Waals surface area contributed by atoms with Crippen LogP contribution in [0.25, 0.3) is 11.4 Å². The maximum atomic E-state index is 5.37. The second-order valence-corrected chi connectivity index (χ2v) is 6.02. The quantitative estimate of drug-likeness (QED) is 0.878. The second-order valence-electron chi connectivity index (χ2n) is 5.11. The van der Waals surface area contributed by atoms with Gasteiger partial charge in [0.05, 0.1) is 0 Å². The summed E-state index contributed by atoms with van der Waals surface area (Å²) >= 11 is 3.40. The number of pyridine rings is 1. The molecule has 106 valence electrons. The number of nitrogens with one attached hydrogen (secondary N) is 1. The molecular formula is C14H17BrN4O. The van der Waals surface area contributed by atoms with Crippen LogP contribution < -0.4 is 5.32 Å². The number of nitrogens with zero attached hydrogens (tertiary/aromatic N) is 3. The summed E-state index contributed by atoms with van der Waals surface area (Å²) in [6.45, 7) is 3.10. The van der Waals surface area contributed by atoms with Gasteiger partial charge in [0, 0.05) is 34.9 Å². The molecule has 1 aliphatic carbocycles. The van der Waals surface area contributed by atoms with Gasteiger partial charge in [0.15, 0.2) is 0 Å².